The lowest BCUT2D eigenvalue weighted by Gasteiger charge is -2.21. The van der Waals surface area contributed by atoms with Gasteiger partial charge in [0.25, 0.3) is 0 Å². The Balaban J connectivity index is 2.07. The monoisotopic (exact) mass is 200 g/mol. The first-order chi connectivity index (χ1) is 6.84. The predicted octanol–water partition coefficient (Wildman–Crippen LogP) is 0.139. The van der Waals surface area contributed by atoms with Crippen molar-refractivity contribution in [3.63, 3.8) is 0 Å². The van der Waals surface area contributed by atoms with E-state index in [-0.39, 0.29) is 11.8 Å². The van der Waals surface area contributed by atoms with Gasteiger partial charge in [-0.1, -0.05) is 0 Å². The van der Waals surface area contributed by atoms with Crippen LogP contribution in [0.15, 0.2) is 0 Å². The van der Waals surface area contributed by atoms with Gasteiger partial charge in [-0.25, -0.2) is 0 Å². The highest BCUT2D eigenvalue weighted by atomic mass is 16.5. The maximum Gasteiger partial charge on any atom is 0.224 e. The van der Waals surface area contributed by atoms with Gasteiger partial charge in [-0.3, -0.25) is 4.79 Å². The van der Waals surface area contributed by atoms with Crippen LogP contribution in [0.1, 0.15) is 19.8 Å². The molecule has 0 radical (unpaired) electrons. The van der Waals surface area contributed by atoms with Gasteiger partial charge in [-0.2, -0.15) is 0 Å². The zero-order valence-corrected chi connectivity index (χ0v) is 8.84. The lowest BCUT2D eigenvalue weighted by molar-refractivity contribution is -0.125. The second-order valence-corrected chi connectivity index (χ2v) is 3.53. The maximum absolute atomic E-state index is 11.6. The Kier molecular flexibility index (Phi) is 5.56. The first-order valence-corrected chi connectivity index (χ1v) is 5.40. The van der Waals surface area contributed by atoms with Crippen LogP contribution in [0.3, 0.4) is 0 Å². The van der Waals surface area contributed by atoms with Crippen molar-refractivity contribution in [3.8, 4) is 0 Å². The Hall–Kier alpha value is -0.610. The topological polar surface area (TPSA) is 50.4 Å². The van der Waals surface area contributed by atoms with Crippen molar-refractivity contribution in [2.75, 3.05) is 32.8 Å². The smallest absolute Gasteiger partial charge is 0.224 e. The fourth-order valence-corrected chi connectivity index (χ4v) is 1.61. The molecule has 0 aromatic carbocycles. The summed E-state index contributed by atoms with van der Waals surface area (Å²) in [6.45, 7) is 5.77. The van der Waals surface area contributed by atoms with Crippen LogP contribution in [0.2, 0.25) is 0 Å². The standard InChI is InChI=1S/C10H20N2O2/c1-2-14-7-6-12-10(13)9-4-3-5-11-8-9/h9,11H,2-8H2,1H3,(H,12,13)/t9-/m1/s1. The van der Waals surface area contributed by atoms with E-state index in [1.807, 2.05) is 6.92 Å². The number of hydrogen-bond donors (Lipinski definition) is 2. The molecule has 1 atom stereocenters. The quantitative estimate of drug-likeness (QED) is 0.621. The lowest BCUT2D eigenvalue weighted by Crippen LogP contribution is -2.41. The van der Waals surface area contributed by atoms with Crippen LogP contribution in [-0.2, 0) is 9.53 Å². The van der Waals surface area contributed by atoms with Gasteiger partial charge in [0.15, 0.2) is 0 Å². The summed E-state index contributed by atoms with van der Waals surface area (Å²) >= 11 is 0. The summed E-state index contributed by atoms with van der Waals surface area (Å²) in [5, 5.41) is 6.11. The molecule has 0 aromatic heterocycles. The molecule has 1 fully saturated rings. The number of ether oxygens (including phenoxy) is 1. The fraction of sp³-hybridized carbons (Fsp3) is 0.900. The minimum absolute atomic E-state index is 0.158. The molecule has 1 aliphatic heterocycles. The normalized spacial score (nSPS) is 21.9. The molecule has 0 bridgehead atoms. The van der Waals surface area contributed by atoms with Crippen LogP contribution in [-0.4, -0.2) is 38.8 Å². The fourth-order valence-electron chi connectivity index (χ4n) is 1.61. The molecule has 1 amide bonds. The Bertz CT molecular complexity index is 168. The molecule has 0 aromatic rings. The molecule has 2 N–H and O–H groups in total. The maximum atomic E-state index is 11.6. The average molecular weight is 200 g/mol. The highest BCUT2D eigenvalue weighted by Crippen LogP contribution is 2.09. The third-order valence-corrected chi connectivity index (χ3v) is 2.42. The van der Waals surface area contributed by atoms with Crippen molar-refractivity contribution < 1.29 is 9.53 Å². The van der Waals surface area contributed by atoms with Crippen LogP contribution in [0.4, 0.5) is 0 Å². The molecule has 0 aliphatic carbocycles. The van der Waals surface area contributed by atoms with E-state index in [1.54, 1.807) is 0 Å². The number of piperidine rings is 1. The van der Waals surface area contributed by atoms with Gasteiger partial charge in [0, 0.05) is 19.7 Å². The van der Waals surface area contributed by atoms with E-state index >= 15 is 0 Å². The molecule has 1 rings (SSSR count). The van der Waals surface area contributed by atoms with E-state index in [0.717, 1.165) is 25.9 Å². The first kappa shape index (κ1) is 11.5. The van der Waals surface area contributed by atoms with Crippen molar-refractivity contribution in [2.45, 2.75) is 19.8 Å². The summed E-state index contributed by atoms with van der Waals surface area (Å²) in [5.74, 6) is 0.322. The van der Waals surface area contributed by atoms with Crippen molar-refractivity contribution in [3.05, 3.63) is 0 Å². The van der Waals surface area contributed by atoms with E-state index in [1.165, 1.54) is 0 Å². The Morgan fingerprint density at radius 1 is 1.64 bits per heavy atom. The molecule has 0 saturated carbocycles. The van der Waals surface area contributed by atoms with Crippen molar-refractivity contribution in [1.82, 2.24) is 10.6 Å². The summed E-state index contributed by atoms with van der Waals surface area (Å²) in [4.78, 5) is 11.6. The Morgan fingerprint density at radius 3 is 3.14 bits per heavy atom. The molecule has 1 heterocycles. The van der Waals surface area contributed by atoms with Crippen molar-refractivity contribution >= 4 is 5.91 Å². The van der Waals surface area contributed by atoms with E-state index < -0.39 is 0 Å². The second kappa shape index (κ2) is 6.79. The molecule has 4 heteroatoms. The van der Waals surface area contributed by atoms with E-state index in [4.69, 9.17) is 4.74 Å². The summed E-state index contributed by atoms with van der Waals surface area (Å²) in [5.41, 5.74) is 0. The van der Waals surface area contributed by atoms with Crippen molar-refractivity contribution in [1.29, 1.82) is 0 Å². The predicted molar refractivity (Wildman–Crippen MR) is 55.1 cm³/mol. The van der Waals surface area contributed by atoms with Crippen molar-refractivity contribution in [2.24, 2.45) is 5.92 Å². The number of carbonyl (C=O) groups is 1. The molecule has 1 aliphatic rings. The van der Waals surface area contributed by atoms with Crippen LogP contribution in [0, 0.1) is 5.92 Å². The van der Waals surface area contributed by atoms with Gasteiger partial charge in [-0.05, 0) is 26.3 Å². The van der Waals surface area contributed by atoms with E-state index in [0.29, 0.717) is 19.8 Å². The summed E-state index contributed by atoms with van der Waals surface area (Å²) in [6, 6.07) is 0. The van der Waals surface area contributed by atoms with Gasteiger partial charge in [-0.15, -0.1) is 0 Å². The van der Waals surface area contributed by atoms with Gasteiger partial charge in [0.2, 0.25) is 5.91 Å². The highest BCUT2D eigenvalue weighted by Gasteiger charge is 2.19. The van der Waals surface area contributed by atoms with Gasteiger partial charge < -0.3 is 15.4 Å². The third kappa shape index (κ3) is 4.07. The molecule has 4 nitrogen and oxygen atoms in total. The average Bonchev–Trinajstić information content (AvgIpc) is 2.25. The number of amides is 1. The summed E-state index contributed by atoms with van der Waals surface area (Å²) in [7, 11) is 0. The Labute approximate surface area is 85.4 Å². The second-order valence-electron chi connectivity index (χ2n) is 3.53. The van der Waals surface area contributed by atoms with Crippen LogP contribution < -0.4 is 10.6 Å². The SMILES string of the molecule is CCOCCNC(=O)[C@@H]1CCCNC1. The van der Waals surface area contributed by atoms with Gasteiger partial charge in [0.1, 0.15) is 0 Å². The lowest BCUT2D eigenvalue weighted by atomic mass is 9.99. The van der Waals surface area contributed by atoms with Crippen LogP contribution in [0.5, 0.6) is 0 Å². The van der Waals surface area contributed by atoms with Crippen LogP contribution in [0.25, 0.3) is 0 Å². The first-order valence-electron chi connectivity index (χ1n) is 5.40. The molecule has 14 heavy (non-hydrogen) atoms. The zero-order chi connectivity index (χ0) is 10.2. The zero-order valence-electron chi connectivity index (χ0n) is 8.84. The molecule has 82 valence electrons. The van der Waals surface area contributed by atoms with E-state index in [9.17, 15) is 4.79 Å². The number of carbonyl (C=O) groups excluding carboxylic acids is 1. The number of hydrogen-bond acceptors (Lipinski definition) is 3. The minimum atomic E-state index is 0.158. The summed E-state index contributed by atoms with van der Waals surface area (Å²) in [6.07, 6.45) is 2.11. The highest BCUT2D eigenvalue weighted by molar-refractivity contribution is 5.78. The van der Waals surface area contributed by atoms with Gasteiger partial charge >= 0.3 is 0 Å². The molecular weight excluding hydrogens is 180 g/mol. The molecule has 1 saturated heterocycles. The molecular formula is C10H20N2O2. The Morgan fingerprint density at radius 2 is 2.50 bits per heavy atom. The van der Waals surface area contributed by atoms with Gasteiger partial charge in [0.05, 0.1) is 12.5 Å². The number of nitrogens with one attached hydrogen (secondary N) is 2. The third-order valence-electron chi connectivity index (χ3n) is 2.42. The minimum Gasteiger partial charge on any atom is -0.380 e. The van der Waals surface area contributed by atoms with E-state index in [2.05, 4.69) is 10.6 Å². The van der Waals surface area contributed by atoms with Crippen LogP contribution >= 0.6 is 0 Å². The number of rotatable bonds is 5. The molecule has 0 unspecified atom stereocenters. The largest absolute Gasteiger partial charge is 0.380 e. The summed E-state index contributed by atoms with van der Waals surface area (Å²) < 4.78 is 5.14. The molecule has 0 spiro atoms.